The van der Waals surface area contributed by atoms with E-state index in [1.54, 1.807) is 12.4 Å². The first-order valence-corrected chi connectivity index (χ1v) is 7.22. The minimum absolute atomic E-state index is 0.228. The van der Waals surface area contributed by atoms with Crippen molar-refractivity contribution >= 4 is 23.2 Å². The Hall–Kier alpha value is -1.23. The van der Waals surface area contributed by atoms with E-state index in [1.807, 2.05) is 37.3 Å². The molecule has 1 aromatic carbocycles. The van der Waals surface area contributed by atoms with Crippen LogP contribution in [0.1, 0.15) is 25.3 Å². The van der Waals surface area contributed by atoms with Gasteiger partial charge in [0, 0.05) is 18.0 Å². The van der Waals surface area contributed by atoms with Gasteiger partial charge in [-0.05, 0) is 6.42 Å². The third-order valence-electron chi connectivity index (χ3n) is 2.83. The van der Waals surface area contributed by atoms with Gasteiger partial charge in [-0.2, -0.15) is 4.89 Å². The van der Waals surface area contributed by atoms with E-state index in [2.05, 4.69) is 9.97 Å². The van der Waals surface area contributed by atoms with Gasteiger partial charge in [0.1, 0.15) is 0 Å². The van der Waals surface area contributed by atoms with Crippen LogP contribution in [-0.4, -0.2) is 15.3 Å². The summed E-state index contributed by atoms with van der Waals surface area (Å²) in [5, 5.41) is -1.71. The molecule has 0 aliphatic carbocycles. The highest BCUT2D eigenvalue weighted by Crippen LogP contribution is 2.39. The molecule has 2 atom stereocenters. The molecule has 1 aromatic heterocycles. The molecule has 1 N–H and O–H groups in total. The van der Waals surface area contributed by atoms with Crippen LogP contribution >= 0.6 is 23.2 Å². The summed E-state index contributed by atoms with van der Waals surface area (Å²) in [6.07, 6.45) is 4.77. The van der Waals surface area contributed by atoms with Crippen LogP contribution in [0.5, 0.6) is 6.01 Å². The standard InChI is InChI=1S/C14H16Cl2N2O2/c1-2-6-12(15)14(16,11-7-4-3-5-8-11)20-19-13-17-9-10-18-13/h3-5,7-10,12H,2,6H2,1H3,(H,17,18). The van der Waals surface area contributed by atoms with Gasteiger partial charge >= 0.3 is 6.01 Å². The highest BCUT2D eigenvalue weighted by Gasteiger charge is 2.41. The van der Waals surface area contributed by atoms with Crippen LogP contribution in [0, 0.1) is 0 Å². The van der Waals surface area contributed by atoms with Crippen molar-refractivity contribution in [2.75, 3.05) is 0 Å². The molecule has 4 nitrogen and oxygen atoms in total. The van der Waals surface area contributed by atoms with Crippen LogP contribution in [0.4, 0.5) is 0 Å². The van der Waals surface area contributed by atoms with Crippen molar-refractivity contribution in [1.29, 1.82) is 0 Å². The van der Waals surface area contributed by atoms with E-state index in [4.69, 9.17) is 33.0 Å². The Bertz CT molecular complexity index is 507. The molecule has 2 aromatic rings. The van der Waals surface area contributed by atoms with E-state index in [0.29, 0.717) is 6.42 Å². The number of aromatic amines is 1. The van der Waals surface area contributed by atoms with Crippen molar-refractivity contribution in [3.63, 3.8) is 0 Å². The molecule has 2 rings (SSSR count). The number of imidazole rings is 1. The average molecular weight is 315 g/mol. The molecule has 1 heterocycles. The van der Waals surface area contributed by atoms with Crippen molar-refractivity contribution in [1.82, 2.24) is 9.97 Å². The monoisotopic (exact) mass is 314 g/mol. The first kappa shape index (κ1) is 15.2. The summed E-state index contributed by atoms with van der Waals surface area (Å²) in [4.78, 5) is 17.2. The summed E-state index contributed by atoms with van der Waals surface area (Å²) < 4.78 is 0. The summed E-state index contributed by atoms with van der Waals surface area (Å²) in [6, 6.07) is 9.58. The Morgan fingerprint density at radius 1 is 1.35 bits per heavy atom. The molecule has 2 unspecified atom stereocenters. The van der Waals surface area contributed by atoms with E-state index in [1.165, 1.54) is 0 Å². The fourth-order valence-corrected chi connectivity index (χ4v) is 2.43. The average Bonchev–Trinajstić information content (AvgIpc) is 2.99. The topological polar surface area (TPSA) is 47.1 Å². The zero-order valence-corrected chi connectivity index (χ0v) is 12.6. The summed E-state index contributed by atoms with van der Waals surface area (Å²) in [5.74, 6) is 0. The summed E-state index contributed by atoms with van der Waals surface area (Å²) >= 11 is 13.0. The molecule has 0 fully saturated rings. The molecule has 0 aliphatic rings. The van der Waals surface area contributed by atoms with Gasteiger partial charge in [-0.3, -0.25) is 4.89 Å². The van der Waals surface area contributed by atoms with E-state index >= 15 is 0 Å². The summed E-state index contributed by atoms with van der Waals surface area (Å²) in [5.41, 5.74) is 0.738. The Labute approximate surface area is 128 Å². The minimum atomic E-state index is -1.27. The Balaban J connectivity index is 2.19. The van der Waals surface area contributed by atoms with E-state index in [0.717, 1.165) is 12.0 Å². The maximum atomic E-state index is 6.59. The molecule has 6 heteroatoms. The molecule has 0 aliphatic heterocycles. The van der Waals surface area contributed by atoms with Crippen LogP contribution < -0.4 is 4.89 Å². The van der Waals surface area contributed by atoms with Gasteiger partial charge in [0.25, 0.3) is 0 Å². The molecule has 0 spiro atoms. The maximum absolute atomic E-state index is 6.59. The number of rotatable bonds is 7. The van der Waals surface area contributed by atoms with Gasteiger partial charge in [0.15, 0.2) is 0 Å². The predicted molar refractivity (Wildman–Crippen MR) is 78.8 cm³/mol. The van der Waals surface area contributed by atoms with Crippen LogP contribution in [0.25, 0.3) is 0 Å². The van der Waals surface area contributed by atoms with Crippen LogP contribution in [0.15, 0.2) is 42.7 Å². The van der Waals surface area contributed by atoms with Crippen molar-refractivity contribution < 1.29 is 9.78 Å². The van der Waals surface area contributed by atoms with E-state index < -0.39 is 10.4 Å². The lowest BCUT2D eigenvalue weighted by atomic mass is 10.0. The van der Waals surface area contributed by atoms with Gasteiger partial charge in [-0.25, -0.2) is 4.98 Å². The molecule has 0 saturated carbocycles. The number of aromatic nitrogens is 2. The molecule has 108 valence electrons. The van der Waals surface area contributed by atoms with Gasteiger partial charge in [0.2, 0.25) is 5.06 Å². The van der Waals surface area contributed by atoms with Crippen molar-refractivity contribution in [2.24, 2.45) is 0 Å². The molecule has 0 amide bonds. The molecule has 0 saturated heterocycles. The fourth-order valence-electron chi connectivity index (χ4n) is 1.78. The van der Waals surface area contributed by atoms with Crippen LogP contribution in [-0.2, 0) is 9.95 Å². The van der Waals surface area contributed by atoms with Crippen LogP contribution in [0.2, 0.25) is 0 Å². The molecule has 0 radical (unpaired) electrons. The van der Waals surface area contributed by atoms with Crippen LogP contribution in [0.3, 0.4) is 0 Å². The third kappa shape index (κ3) is 3.45. The van der Waals surface area contributed by atoms with E-state index in [9.17, 15) is 0 Å². The number of alkyl halides is 2. The normalized spacial score (nSPS) is 15.6. The Morgan fingerprint density at radius 2 is 2.10 bits per heavy atom. The lowest BCUT2D eigenvalue weighted by Crippen LogP contribution is -2.35. The first-order chi connectivity index (χ1) is 9.66. The Morgan fingerprint density at radius 3 is 2.70 bits per heavy atom. The molecule has 20 heavy (non-hydrogen) atoms. The maximum Gasteiger partial charge on any atom is 0.331 e. The van der Waals surface area contributed by atoms with Gasteiger partial charge in [-0.1, -0.05) is 55.3 Å². The molecular formula is C14H16Cl2N2O2. The summed E-state index contributed by atoms with van der Waals surface area (Å²) in [7, 11) is 0. The lowest BCUT2D eigenvalue weighted by Gasteiger charge is -2.29. The third-order valence-corrected chi connectivity index (χ3v) is 4.01. The van der Waals surface area contributed by atoms with Crippen molar-refractivity contribution in [3.05, 3.63) is 48.3 Å². The van der Waals surface area contributed by atoms with Gasteiger partial charge in [0.05, 0.1) is 5.38 Å². The smallest absolute Gasteiger partial charge is 0.312 e. The Kier molecular flexibility index (Phi) is 5.29. The quantitative estimate of drug-likeness (QED) is 0.473. The molecule has 0 bridgehead atoms. The molecular weight excluding hydrogens is 299 g/mol. The highest BCUT2D eigenvalue weighted by molar-refractivity contribution is 6.31. The number of halogens is 2. The lowest BCUT2D eigenvalue weighted by molar-refractivity contribution is -0.272. The number of H-pyrrole nitrogens is 1. The summed E-state index contributed by atoms with van der Waals surface area (Å²) in [6.45, 7) is 2.03. The second-order valence-electron chi connectivity index (χ2n) is 4.33. The largest absolute Gasteiger partial charge is 0.331 e. The second kappa shape index (κ2) is 6.97. The number of nitrogens with one attached hydrogen (secondary N) is 1. The highest BCUT2D eigenvalue weighted by atomic mass is 35.5. The zero-order valence-electron chi connectivity index (χ0n) is 11.1. The zero-order chi connectivity index (χ0) is 14.4. The van der Waals surface area contributed by atoms with Crippen molar-refractivity contribution in [3.8, 4) is 6.01 Å². The van der Waals surface area contributed by atoms with Gasteiger partial charge in [-0.15, -0.1) is 11.6 Å². The SMILES string of the molecule is CCCC(Cl)C(Cl)(OOc1ncc[nH]1)c1ccccc1. The van der Waals surface area contributed by atoms with Crippen molar-refractivity contribution in [2.45, 2.75) is 30.2 Å². The number of hydrogen-bond acceptors (Lipinski definition) is 3. The number of nitrogens with zero attached hydrogens (tertiary/aromatic N) is 1. The predicted octanol–water partition coefficient (Wildman–Crippen LogP) is 4.22. The second-order valence-corrected chi connectivity index (χ2v) is 5.42. The first-order valence-electron chi connectivity index (χ1n) is 6.40. The number of hydrogen-bond donors (Lipinski definition) is 1. The fraction of sp³-hybridized carbons (Fsp3) is 0.357. The van der Waals surface area contributed by atoms with Gasteiger partial charge < -0.3 is 4.98 Å². The number of benzene rings is 1. The minimum Gasteiger partial charge on any atom is -0.312 e. The van der Waals surface area contributed by atoms with E-state index in [-0.39, 0.29) is 6.01 Å².